The van der Waals surface area contributed by atoms with Crippen molar-refractivity contribution in [3.63, 3.8) is 0 Å². The Morgan fingerprint density at radius 1 is 1.67 bits per heavy atom. The number of hydrogen-bond donors (Lipinski definition) is 1. The number of rotatable bonds is 2. The first-order chi connectivity index (χ1) is 6.97. The number of carboxylic acid groups (broad SMARTS) is 1. The predicted octanol–water partition coefficient (Wildman–Crippen LogP) is 2.24. The average molecular weight is 233 g/mol. The lowest BCUT2D eigenvalue weighted by Gasteiger charge is -2.06. The fraction of sp³-hybridized carbons (Fsp3) is 0.125. The molecular formula is C8H3ClF2N2O2. The third-order valence-electron chi connectivity index (χ3n) is 1.57. The van der Waals surface area contributed by atoms with Gasteiger partial charge in [-0.25, -0.2) is 18.6 Å². The van der Waals surface area contributed by atoms with E-state index in [1.54, 1.807) is 0 Å². The normalized spacial score (nSPS) is 10.1. The molecule has 1 rings (SSSR count). The number of pyridine rings is 1. The van der Waals surface area contributed by atoms with Crippen LogP contribution in [-0.2, 0) is 0 Å². The van der Waals surface area contributed by atoms with Crippen LogP contribution < -0.4 is 0 Å². The Morgan fingerprint density at radius 3 is 2.67 bits per heavy atom. The standard InChI is InChI=1S/C8H3ClF2N2O2/c9-5-1-3(7(10)11)6(8(14)15)4(2-12)13-5/h1,7H,(H,14,15). The van der Waals surface area contributed by atoms with Gasteiger partial charge in [-0.3, -0.25) is 0 Å². The molecule has 0 aliphatic rings. The lowest BCUT2D eigenvalue weighted by molar-refractivity contribution is 0.0683. The fourth-order valence-electron chi connectivity index (χ4n) is 1.01. The Labute approximate surface area is 87.7 Å². The molecule has 0 bridgehead atoms. The fourth-order valence-corrected chi connectivity index (χ4v) is 1.21. The Hall–Kier alpha value is -1.74. The number of nitriles is 1. The van der Waals surface area contributed by atoms with Crippen molar-refractivity contribution in [3.8, 4) is 6.07 Å². The van der Waals surface area contributed by atoms with Gasteiger partial charge in [-0.2, -0.15) is 5.26 Å². The van der Waals surface area contributed by atoms with Gasteiger partial charge in [0.1, 0.15) is 16.8 Å². The number of aromatic nitrogens is 1. The van der Waals surface area contributed by atoms with Crippen molar-refractivity contribution >= 4 is 17.6 Å². The predicted molar refractivity (Wildman–Crippen MR) is 45.9 cm³/mol. The van der Waals surface area contributed by atoms with Crippen molar-refractivity contribution in [2.24, 2.45) is 0 Å². The van der Waals surface area contributed by atoms with Gasteiger partial charge in [-0.15, -0.1) is 0 Å². The lowest BCUT2D eigenvalue weighted by atomic mass is 10.1. The molecule has 15 heavy (non-hydrogen) atoms. The molecule has 0 aliphatic carbocycles. The topological polar surface area (TPSA) is 74.0 Å². The number of carboxylic acids is 1. The largest absolute Gasteiger partial charge is 0.478 e. The van der Waals surface area contributed by atoms with E-state index >= 15 is 0 Å². The molecule has 0 fully saturated rings. The van der Waals surface area contributed by atoms with Crippen molar-refractivity contribution < 1.29 is 18.7 Å². The second kappa shape index (κ2) is 4.19. The van der Waals surface area contributed by atoms with E-state index in [1.165, 1.54) is 6.07 Å². The summed E-state index contributed by atoms with van der Waals surface area (Å²) < 4.78 is 24.9. The van der Waals surface area contributed by atoms with Crippen LogP contribution in [-0.4, -0.2) is 16.1 Å². The minimum atomic E-state index is -3.02. The van der Waals surface area contributed by atoms with Crippen LogP contribution in [0.4, 0.5) is 8.78 Å². The van der Waals surface area contributed by atoms with Gasteiger partial charge in [0.2, 0.25) is 0 Å². The third kappa shape index (κ3) is 2.19. The van der Waals surface area contributed by atoms with Crippen LogP contribution in [0.3, 0.4) is 0 Å². The summed E-state index contributed by atoms with van der Waals surface area (Å²) in [6.07, 6.45) is -3.02. The molecule has 0 spiro atoms. The van der Waals surface area contributed by atoms with Crippen molar-refractivity contribution in [2.45, 2.75) is 6.43 Å². The molecule has 78 valence electrons. The van der Waals surface area contributed by atoms with Crippen LogP contribution in [0, 0.1) is 11.3 Å². The van der Waals surface area contributed by atoms with Crippen LogP contribution in [0.1, 0.15) is 28.0 Å². The van der Waals surface area contributed by atoms with E-state index in [9.17, 15) is 13.6 Å². The van der Waals surface area contributed by atoms with E-state index < -0.39 is 29.2 Å². The molecule has 0 aromatic carbocycles. The van der Waals surface area contributed by atoms with Gasteiger partial charge in [0.05, 0.1) is 0 Å². The summed E-state index contributed by atoms with van der Waals surface area (Å²) in [7, 11) is 0. The van der Waals surface area contributed by atoms with Crippen LogP contribution >= 0.6 is 11.6 Å². The van der Waals surface area contributed by atoms with Crippen molar-refractivity contribution in [3.05, 3.63) is 28.0 Å². The van der Waals surface area contributed by atoms with Gasteiger partial charge in [0, 0.05) is 5.56 Å². The first kappa shape index (κ1) is 11.3. The number of hydrogen-bond acceptors (Lipinski definition) is 3. The average Bonchev–Trinajstić information content (AvgIpc) is 2.15. The summed E-state index contributed by atoms with van der Waals surface area (Å²) in [4.78, 5) is 14.0. The first-order valence-corrected chi connectivity index (χ1v) is 3.97. The number of alkyl halides is 2. The van der Waals surface area contributed by atoms with E-state index in [-0.39, 0.29) is 5.15 Å². The molecule has 7 heteroatoms. The summed E-state index contributed by atoms with van der Waals surface area (Å²) in [6.45, 7) is 0. The molecule has 4 nitrogen and oxygen atoms in total. The number of nitrogens with zero attached hydrogens (tertiary/aromatic N) is 2. The molecule has 0 saturated carbocycles. The SMILES string of the molecule is N#Cc1nc(Cl)cc(C(F)F)c1C(=O)O. The smallest absolute Gasteiger partial charge is 0.339 e. The minimum absolute atomic E-state index is 0.341. The second-order valence-electron chi connectivity index (χ2n) is 2.48. The molecule has 0 unspecified atom stereocenters. The number of halogens is 3. The first-order valence-electron chi connectivity index (χ1n) is 3.59. The number of aromatic carboxylic acids is 1. The van der Waals surface area contributed by atoms with Crippen LogP contribution in [0.25, 0.3) is 0 Å². The summed E-state index contributed by atoms with van der Waals surface area (Å²) in [5.74, 6) is -1.63. The van der Waals surface area contributed by atoms with E-state index in [1.807, 2.05) is 0 Å². The van der Waals surface area contributed by atoms with Crippen LogP contribution in [0.5, 0.6) is 0 Å². The highest BCUT2D eigenvalue weighted by Gasteiger charge is 2.23. The molecule has 1 heterocycles. The minimum Gasteiger partial charge on any atom is -0.478 e. The van der Waals surface area contributed by atoms with Gasteiger partial charge in [0.25, 0.3) is 6.43 Å². The lowest BCUT2D eigenvalue weighted by Crippen LogP contribution is -2.08. The maximum Gasteiger partial charge on any atom is 0.339 e. The summed E-state index contributed by atoms with van der Waals surface area (Å²) in [5.41, 5.74) is -2.23. The molecule has 0 saturated heterocycles. The highest BCUT2D eigenvalue weighted by atomic mass is 35.5. The van der Waals surface area contributed by atoms with E-state index in [4.69, 9.17) is 22.0 Å². The monoisotopic (exact) mass is 232 g/mol. The Balaban J connectivity index is 3.56. The zero-order chi connectivity index (χ0) is 11.6. The highest BCUT2D eigenvalue weighted by Crippen LogP contribution is 2.27. The molecule has 1 aromatic heterocycles. The molecule has 0 radical (unpaired) electrons. The van der Waals surface area contributed by atoms with Crippen LogP contribution in [0.15, 0.2) is 6.07 Å². The molecule has 0 amide bonds. The van der Waals surface area contributed by atoms with Gasteiger partial charge in [0.15, 0.2) is 5.69 Å². The van der Waals surface area contributed by atoms with E-state index in [0.29, 0.717) is 0 Å². The molecule has 0 atom stereocenters. The maximum absolute atomic E-state index is 12.4. The van der Waals surface area contributed by atoms with Crippen LogP contribution in [0.2, 0.25) is 5.15 Å². The third-order valence-corrected chi connectivity index (χ3v) is 1.77. The zero-order valence-electron chi connectivity index (χ0n) is 7.04. The van der Waals surface area contributed by atoms with E-state index in [0.717, 1.165) is 6.07 Å². The molecule has 1 aromatic rings. The summed E-state index contributed by atoms with van der Waals surface area (Å²) >= 11 is 5.36. The van der Waals surface area contributed by atoms with Crippen molar-refractivity contribution in [1.29, 1.82) is 5.26 Å². The van der Waals surface area contributed by atoms with Crippen molar-refractivity contribution in [1.82, 2.24) is 4.98 Å². The Morgan fingerprint density at radius 2 is 2.27 bits per heavy atom. The van der Waals surface area contributed by atoms with E-state index in [2.05, 4.69) is 4.98 Å². The Bertz CT molecular complexity index is 457. The molecule has 1 N–H and O–H groups in total. The van der Waals surface area contributed by atoms with Gasteiger partial charge in [-0.05, 0) is 6.07 Å². The zero-order valence-corrected chi connectivity index (χ0v) is 7.79. The second-order valence-corrected chi connectivity index (χ2v) is 2.86. The highest BCUT2D eigenvalue weighted by molar-refractivity contribution is 6.29. The van der Waals surface area contributed by atoms with Gasteiger partial charge < -0.3 is 5.11 Å². The molecular weight excluding hydrogens is 230 g/mol. The van der Waals surface area contributed by atoms with Gasteiger partial charge >= 0.3 is 5.97 Å². The Kier molecular flexibility index (Phi) is 3.17. The summed E-state index contributed by atoms with van der Waals surface area (Å²) in [6, 6.07) is 2.14. The number of carbonyl (C=O) groups is 1. The van der Waals surface area contributed by atoms with Gasteiger partial charge in [-0.1, -0.05) is 11.6 Å². The molecule has 0 aliphatic heterocycles. The maximum atomic E-state index is 12.4. The summed E-state index contributed by atoms with van der Waals surface area (Å²) in [5, 5.41) is 16.8. The van der Waals surface area contributed by atoms with Crippen molar-refractivity contribution in [2.75, 3.05) is 0 Å². The quantitative estimate of drug-likeness (QED) is 0.794.